The average molecular weight is 253 g/mol. The third kappa shape index (κ3) is 1.91. The molecule has 19 heavy (non-hydrogen) atoms. The molecule has 1 aromatic rings. The van der Waals surface area contributed by atoms with E-state index in [1.807, 2.05) is 13.1 Å². The van der Waals surface area contributed by atoms with Crippen LogP contribution in [0, 0.1) is 0 Å². The molecule has 0 atom stereocenters. The van der Waals surface area contributed by atoms with Crippen LogP contribution in [-0.2, 0) is 0 Å². The SMILES string of the molecule is CN1CCC/C1=C\C=C1C(=O)c2ccccc2C1=O. The van der Waals surface area contributed by atoms with Crippen molar-refractivity contribution in [2.75, 3.05) is 13.6 Å². The van der Waals surface area contributed by atoms with Gasteiger partial charge in [-0.1, -0.05) is 24.3 Å². The summed E-state index contributed by atoms with van der Waals surface area (Å²) < 4.78 is 0. The molecule has 2 aliphatic rings. The molecule has 0 unspecified atom stereocenters. The fraction of sp³-hybridized carbons (Fsp3) is 0.250. The number of likely N-dealkylation sites (tertiary alicyclic amines) is 1. The van der Waals surface area contributed by atoms with E-state index in [1.54, 1.807) is 30.3 Å². The first-order valence-corrected chi connectivity index (χ1v) is 6.49. The number of benzene rings is 1. The van der Waals surface area contributed by atoms with Crippen LogP contribution >= 0.6 is 0 Å². The molecule has 0 bridgehead atoms. The molecule has 3 nitrogen and oxygen atoms in total. The third-order valence-corrected chi connectivity index (χ3v) is 3.76. The summed E-state index contributed by atoms with van der Waals surface area (Å²) in [5, 5.41) is 0. The number of carbonyl (C=O) groups is 2. The van der Waals surface area contributed by atoms with Gasteiger partial charge in [-0.05, 0) is 25.0 Å². The molecule has 96 valence electrons. The fourth-order valence-electron chi connectivity index (χ4n) is 2.65. The van der Waals surface area contributed by atoms with E-state index in [9.17, 15) is 9.59 Å². The molecule has 0 radical (unpaired) electrons. The summed E-state index contributed by atoms with van der Waals surface area (Å²) in [6.07, 6.45) is 5.73. The first kappa shape index (κ1) is 11.9. The molecule has 1 aliphatic carbocycles. The number of hydrogen-bond donors (Lipinski definition) is 0. The second kappa shape index (κ2) is 4.50. The monoisotopic (exact) mass is 253 g/mol. The molecule has 3 heteroatoms. The van der Waals surface area contributed by atoms with Crippen molar-refractivity contribution in [2.45, 2.75) is 12.8 Å². The second-order valence-electron chi connectivity index (χ2n) is 4.97. The quantitative estimate of drug-likeness (QED) is 0.570. The number of hydrogen-bond acceptors (Lipinski definition) is 3. The van der Waals surface area contributed by atoms with E-state index in [1.165, 1.54) is 5.70 Å². The standard InChI is InChI=1S/C16H15NO2/c1-17-10-4-5-11(17)8-9-14-15(18)12-6-2-3-7-13(12)16(14)19/h2-3,6-9H,4-5,10H2,1H3/b11-8+. The summed E-state index contributed by atoms with van der Waals surface area (Å²) in [6, 6.07) is 7.00. The third-order valence-electron chi connectivity index (χ3n) is 3.76. The number of carbonyl (C=O) groups excluding carboxylic acids is 2. The highest BCUT2D eigenvalue weighted by Gasteiger charge is 2.32. The largest absolute Gasteiger partial charge is 0.378 e. The molecule has 1 aliphatic heterocycles. The second-order valence-corrected chi connectivity index (χ2v) is 4.97. The Hall–Kier alpha value is -2.16. The maximum absolute atomic E-state index is 12.2. The summed E-state index contributed by atoms with van der Waals surface area (Å²) in [4.78, 5) is 26.5. The van der Waals surface area contributed by atoms with Crippen LogP contribution in [0.3, 0.4) is 0 Å². The number of fused-ring (bicyclic) bond motifs is 1. The molecule has 3 rings (SSSR count). The molecular weight excluding hydrogens is 238 g/mol. The van der Waals surface area contributed by atoms with Gasteiger partial charge >= 0.3 is 0 Å². The van der Waals surface area contributed by atoms with Gasteiger partial charge in [0.1, 0.15) is 0 Å². The Morgan fingerprint density at radius 2 is 1.68 bits per heavy atom. The van der Waals surface area contributed by atoms with Crippen molar-refractivity contribution >= 4 is 11.6 Å². The van der Waals surface area contributed by atoms with Gasteiger partial charge in [-0.15, -0.1) is 0 Å². The van der Waals surface area contributed by atoms with Crippen LogP contribution in [0.2, 0.25) is 0 Å². The average Bonchev–Trinajstić information content (AvgIpc) is 2.93. The first-order chi connectivity index (χ1) is 9.18. The summed E-state index contributed by atoms with van der Waals surface area (Å²) in [7, 11) is 2.03. The summed E-state index contributed by atoms with van der Waals surface area (Å²) in [5.41, 5.74) is 2.52. The van der Waals surface area contributed by atoms with E-state index in [-0.39, 0.29) is 17.1 Å². The van der Waals surface area contributed by atoms with Gasteiger partial charge in [0.2, 0.25) is 0 Å². The van der Waals surface area contributed by atoms with E-state index in [0.717, 1.165) is 19.4 Å². The number of nitrogens with zero attached hydrogens (tertiary/aromatic N) is 1. The van der Waals surface area contributed by atoms with E-state index in [2.05, 4.69) is 4.90 Å². The minimum absolute atomic E-state index is 0.155. The van der Waals surface area contributed by atoms with Crippen LogP contribution in [0.1, 0.15) is 33.6 Å². The van der Waals surface area contributed by atoms with Crippen LogP contribution in [0.4, 0.5) is 0 Å². The lowest BCUT2D eigenvalue weighted by atomic mass is 10.1. The molecule has 1 heterocycles. The van der Waals surface area contributed by atoms with Gasteiger partial charge < -0.3 is 4.90 Å². The van der Waals surface area contributed by atoms with Crippen molar-refractivity contribution in [3.8, 4) is 0 Å². The Morgan fingerprint density at radius 1 is 1.05 bits per heavy atom. The predicted molar refractivity (Wildman–Crippen MR) is 73.1 cm³/mol. The molecule has 1 saturated heterocycles. The Kier molecular flexibility index (Phi) is 2.82. The van der Waals surface area contributed by atoms with Gasteiger partial charge in [0, 0.05) is 30.4 Å². The number of allylic oxidation sites excluding steroid dienone is 4. The van der Waals surface area contributed by atoms with Gasteiger partial charge in [-0.2, -0.15) is 0 Å². The smallest absolute Gasteiger partial charge is 0.197 e. The van der Waals surface area contributed by atoms with E-state index in [0.29, 0.717) is 11.1 Å². The predicted octanol–water partition coefficient (Wildman–Crippen LogP) is 2.60. The van der Waals surface area contributed by atoms with Gasteiger partial charge in [0.05, 0.1) is 5.57 Å². The molecule has 0 N–H and O–H groups in total. The van der Waals surface area contributed by atoms with Crippen molar-refractivity contribution in [1.29, 1.82) is 0 Å². The van der Waals surface area contributed by atoms with Crippen LogP contribution in [0.5, 0.6) is 0 Å². The zero-order valence-corrected chi connectivity index (χ0v) is 10.8. The lowest BCUT2D eigenvalue weighted by Crippen LogP contribution is -2.09. The molecular formula is C16H15NO2. The lowest BCUT2D eigenvalue weighted by Gasteiger charge is -2.11. The number of Topliss-reactive ketones (excluding diaryl/α,β-unsaturated/α-hetero) is 2. The maximum Gasteiger partial charge on any atom is 0.197 e. The maximum atomic E-state index is 12.2. The van der Waals surface area contributed by atoms with Crippen molar-refractivity contribution in [3.63, 3.8) is 0 Å². The topological polar surface area (TPSA) is 37.4 Å². The van der Waals surface area contributed by atoms with Crippen LogP contribution in [0.15, 0.2) is 47.7 Å². The molecule has 0 saturated carbocycles. The Morgan fingerprint density at radius 3 is 2.21 bits per heavy atom. The van der Waals surface area contributed by atoms with Gasteiger partial charge in [-0.3, -0.25) is 9.59 Å². The van der Waals surface area contributed by atoms with Gasteiger partial charge in [0.15, 0.2) is 11.6 Å². The Balaban J connectivity index is 1.96. The minimum Gasteiger partial charge on any atom is -0.378 e. The molecule has 0 spiro atoms. The lowest BCUT2D eigenvalue weighted by molar-refractivity contribution is 0.0989. The highest BCUT2D eigenvalue weighted by atomic mass is 16.2. The molecule has 1 aromatic carbocycles. The Bertz CT molecular complexity index is 588. The fourth-order valence-corrected chi connectivity index (χ4v) is 2.65. The highest BCUT2D eigenvalue weighted by Crippen LogP contribution is 2.27. The van der Waals surface area contributed by atoms with Gasteiger partial charge in [0.25, 0.3) is 0 Å². The minimum atomic E-state index is -0.155. The Labute approximate surface area is 112 Å². The number of ketones is 2. The van der Waals surface area contributed by atoms with Crippen LogP contribution in [-0.4, -0.2) is 30.1 Å². The van der Waals surface area contributed by atoms with Crippen LogP contribution in [0.25, 0.3) is 0 Å². The normalized spacial score (nSPS) is 20.4. The molecule has 0 amide bonds. The molecule has 1 fully saturated rings. The van der Waals surface area contributed by atoms with E-state index in [4.69, 9.17) is 0 Å². The summed E-state index contributed by atoms with van der Waals surface area (Å²) in [5.74, 6) is -0.309. The number of rotatable bonds is 1. The zero-order valence-electron chi connectivity index (χ0n) is 10.8. The van der Waals surface area contributed by atoms with Crippen molar-refractivity contribution in [1.82, 2.24) is 4.90 Å². The zero-order chi connectivity index (χ0) is 13.4. The van der Waals surface area contributed by atoms with E-state index < -0.39 is 0 Å². The van der Waals surface area contributed by atoms with Crippen LogP contribution < -0.4 is 0 Å². The first-order valence-electron chi connectivity index (χ1n) is 6.49. The van der Waals surface area contributed by atoms with E-state index >= 15 is 0 Å². The summed E-state index contributed by atoms with van der Waals surface area (Å²) in [6.45, 7) is 1.04. The van der Waals surface area contributed by atoms with Crippen molar-refractivity contribution in [3.05, 3.63) is 58.8 Å². The van der Waals surface area contributed by atoms with Gasteiger partial charge in [-0.25, -0.2) is 0 Å². The van der Waals surface area contributed by atoms with Crippen molar-refractivity contribution < 1.29 is 9.59 Å². The molecule has 0 aromatic heterocycles. The summed E-state index contributed by atoms with van der Waals surface area (Å²) >= 11 is 0. The van der Waals surface area contributed by atoms with Crippen molar-refractivity contribution in [2.24, 2.45) is 0 Å². The highest BCUT2D eigenvalue weighted by molar-refractivity contribution is 6.39.